The molecule has 2 aromatic rings. The predicted octanol–water partition coefficient (Wildman–Crippen LogP) is 3.99. The average Bonchev–Trinajstić information content (AvgIpc) is 2.78. The minimum absolute atomic E-state index is 0.0517. The number of alkyl halides is 3. The lowest BCUT2D eigenvalue weighted by Gasteiger charge is -2.24. The second kappa shape index (κ2) is 7.69. The van der Waals surface area contributed by atoms with E-state index in [0.29, 0.717) is 11.4 Å². The highest BCUT2D eigenvalue weighted by Crippen LogP contribution is 2.36. The quantitative estimate of drug-likeness (QED) is 0.775. The van der Waals surface area contributed by atoms with Crippen LogP contribution in [0.5, 0.6) is 5.75 Å². The van der Waals surface area contributed by atoms with Crippen LogP contribution in [-0.2, 0) is 11.8 Å². The Hall–Kier alpha value is -2.03. The smallest absolute Gasteiger partial charge is 0.413 e. The van der Waals surface area contributed by atoms with Crippen LogP contribution in [0.1, 0.15) is 29.9 Å². The number of hydrogen-bond acceptors (Lipinski definition) is 3. The molecule has 0 aliphatic heterocycles. The van der Waals surface area contributed by atoms with Crippen LogP contribution in [0.25, 0.3) is 0 Å². The first-order valence-corrected chi connectivity index (χ1v) is 8.59. The van der Waals surface area contributed by atoms with Gasteiger partial charge in [-0.3, -0.25) is 9.48 Å². The average molecular weight is 434 g/mol. The largest absolute Gasteiger partial charge is 0.481 e. The van der Waals surface area contributed by atoms with E-state index < -0.39 is 24.2 Å². The van der Waals surface area contributed by atoms with E-state index in [0.717, 1.165) is 4.47 Å². The van der Waals surface area contributed by atoms with Crippen LogP contribution in [0.15, 0.2) is 28.7 Å². The molecule has 1 aromatic heterocycles. The van der Waals surface area contributed by atoms with E-state index in [1.807, 2.05) is 5.32 Å². The standard InChI is InChI=1S/C17H19BrF3N3O2/c1-9-14(10(2)24(4)23-9)15(17(19,20)21)22-16(25)11(3)26-13-7-5-12(18)6-8-13/h5-8,11,15H,1-4H3,(H,22,25)/t11-,15+/m0/s1. The minimum Gasteiger partial charge on any atom is -0.481 e. The SMILES string of the molecule is Cc1nn(C)c(C)c1[C@@H](NC(=O)[C@H](C)Oc1ccc(Br)cc1)C(F)(F)F. The van der Waals surface area contributed by atoms with Crippen molar-refractivity contribution >= 4 is 21.8 Å². The number of nitrogens with one attached hydrogen (secondary N) is 1. The van der Waals surface area contributed by atoms with Crippen molar-refractivity contribution in [2.24, 2.45) is 7.05 Å². The van der Waals surface area contributed by atoms with Crippen LogP contribution in [0.4, 0.5) is 13.2 Å². The second-order valence-corrected chi connectivity index (χ2v) is 6.82. The van der Waals surface area contributed by atoms with Gasteiger partial charge in [0.2, 0.25) is 0 Å². The molecular formula is C17H19BrF3N3O2. The minimum atomic E-state index is -4.66. The molecule has 0 radical (unpaired) electrons. The van der Waals surface area contributed by atoms with Gasteiger partial charge in [0.25, 0.3) is 5.91 Å². The third kappa shape index (κ3) is 4.57. The fourth-order valence-corrected chi connectivity index (χ4v) is 2.82. The maximum absolute atomic E-state index is 13.6. The van der Waals surface area contributed by atoms with Crippen molar-refractivity contribution in [3.05, 3.63) is 45.7 Å². The monoisotopic (exact) mass is 433 g/mol. The summed E-state index contributed by atoms with van der Waals surface area (Å²) in [6, 6.07) is 4.50. The second-order valence-electron chi connectivity index (χ2n) is 5.91. The van der Waals surface area contributed by atoms with Gasteiger partial charge in [-0.2, -0.15) is 18.3 Å². The van der Waals surface area contributed by atoms with Crippen LogP contribution in [0.3, 0.4) is 0 Å². The molecule has 0 saturated carbocycles. The number of amides is 1. The molecule has 0 aliphatic carbocycles. The Labute approximate surface area is 157 Å². The number of aromatic nitrogens is 2. The van der Waals surface area contributed by atoms with Crippen molar-refractivity contribution < 1.29 is 22.7 Å². The zero-order valence-electron chi connectivity index (χ0n) is 14.7. The highest BCUT2D eigenvalue weighted by atomic mass is 79.9. The van der Waals surface area contributed by atoms with Gasteiger partial charge in [-0.05, 0) is 45.0 Å². The van der Waals surface area contributed by atoms with E-state index in [1.54, 1.807) is 31.3 Å². The summed E-state index contributed by atoms with van der Waals surface area (Å²) in [6.45, 7) is 4.41. The van der Waals surface area contributed by atoms with Crippen LogP contribution in [-0.4, -0.2) is 28.0 Å². The number of halogens is 4. The first-order chi connectivity index (χ1) is 12.0. The molecule has 0 bridgehead atoms. The lowest BCUT2D eigenvalue weighted by Crippen LogP contribution is -2.44. The molecular weight excluding hydrogens is 415 g/mol. The number of carbonyl (C=O) groups is 1. The van der Waals surface area contributed by atoms with Gasteiger partial charge in [-0.15, -0.1) is 0 Å². The zero-order valence-corrected chi connectivity index (χ0v) is 16.3. The lowest BCUT2D eigenvalue weighted by molar-refractivity contribution is -0.165. The van der Waals surface area contributed by atoms with E-state index in [9.17, 15) is 18.0 Å². The van der Waals surface area contributed by atoms with Gasteiger partial charge in [0.05, 0.1) is 5.69 Å². The molecule has 0 fully saturated rings. The molecule has 9 heteroatoms. The molecule has 0 spiro atoms. The number of carbonyl (C=O) groups excluding carboxylic acids is 1. The number of benzene rings is 1. The van der Waals surface area contributed by atoms with Crippen molar-refractivity contribution in [1.82, 2.24) is 15.1 Å². The zero-order chi connectivity index (χ0) is 19.6. The summed E-state index contributed by atoms with van der Waals surface area (Å²) in [6.07, 6.45) is -5.76. The fourth-order valence-electron chi connectivity index (χ4n) is 2.56. The van der Waals surface area contributed by atoms with Gasteiger partial charge in [-0.25, -0.2) is 0 Å². The number of nitrogens with zero attached hydrogens (tertiary/aromatic N) is 2. The highest BCUT2D eigenvalue weighted by Gasteiger charge is 2.45. The summed E-state index contributed by atoms with van der Waals surface area (Å²) in [5.41, 5.74) is 0.505. The summed E-state index contributed by atoms with van der Waals surface area (Å²) < 4.78 is 48.3. The number of aryl methyl sites for hydroxylation is 2. The molecule has 1 N–H and O–H groups in total. The van der Waals surface area contributed by atoms with E-state index >= 15 is 0 Å². The predicted molar refractivity (Wildman–Crippen MR) is 93.9 cm³/mol. The van der Waals surface area contributed by atoms with E-state index in [4.69, 9.17) is 4.74 Å². The molecule has 1 amide bonds. The Morgan fingerprint density at radius 1 is 1.27 bits per heavy atom. The summed E-state index contributed by atoms with van der Waals surface area (Å²) in [4.78, 5) is 12.3. The van der Waals surface area contributed by atoms with Gasteiger partial charge in [0, 0.05) is 22.8 Å². The molecule has 26 heavy (non-hydrogen) atoms. The summed E-state index contributed by atoms with van der Waals surface area (Å²) >= 11 is 3.27. The summed E-state index contributed by atoms with van der Waals surface area (Å²) in [5, 5.41) is 6.05. The molecule has 1 aromatic carbocycles. The van der Waals surface area contributed by atoms with Crippen molar-refractivity contribution in [3.8, 4) is 5.75 Å². The molecule has 2 atom stereocenters. The molecule has 0 aliphatic rings. The number of hydrogen-bond donors (Lipinski definition) is 1. The molecule has 5 nitrogen and oxygen atoms in total. The summed E-state index contributed by atoms with van der Waals surface area (Å²) in [7, 11) is 1.56. The van der Waals surface area contributed by atoms with Gasteiger partial charge in [-0.1, -0.05) is 15.9 Å². The maximum Gasteiger partial charge on any atom is 0.413 e. The van der Waals surface area contributed by atoms with E-state index in [1.165, 1.54) is 25.5 Å². The molecule has 0 unspecified atom stereocenters. The highest BCUT2D eigenvalue weighted by molar-refractivity contribution is 9.10. The van der Waals surface area contributed by atoms with Crippen molar-refractivity contribution in [2.45, 2.75) is 39.1 Å². The Morgan fingerprint density at radius 3 is 2.31 bits per heavy atom. The van der Waals surface area contributed by atoms with Crippen molar-refractivity contribution in [2.75, 3.05) is 0 Å². The van der Waals surface area contributed by atoms with Crippen molar-refractivity contribution in [3.63, 3.8) is 0 Å². The molecule has 142 valence electrons. The van der Waals surface area contributed by atoms with Crippen LogP contribution in [0.2, 0.25) is 0 Å². The number of ether oxygens (including phenoxy) is 1. The first-order valence-electron chi connectivity index (χ1n) is 7.80. The molecule has 2 rings (SSSR count). The molecule has 0 saturated heterocycles. The van der Waals surface area contributed by atoms with Gasteiger partial charge in [0.15, 0.2) is 12.1 Å². The third-order valence-electron chi connectivity index (χ3n) is 3.96. The third-order valence-corrected chi connectivity index (χ3v) is 4.49. The van der Waals surface area contributed by atoms with E-state index in [-0.39, 0.29) is 11.3 Å². The Kier molecular flexibility index (Phi) is 6.00. The van der Waals surface area contributed by atoms with Crippen molar-refractivity contribution in [1.29, 1.82) is 0 Å². The normalized spacial score (nSPS) is 14.0. The topological polar surface area (TPSA) is 56.2 Å². The maximum atomic E-state index is 13.6. The van der Waals surface area contributed by atoms with Gasteiger partial charge >= 0.3 is 6.18 Å². The lowest BCUT2D eigenvalue weighted by atomic mass is 10.0. The van der Waals surface area contributed by atoms with Gasteiger partial charge < -0.3 is 10.1 Å². The fraction of sp³-hybridized carbons (Fsp3) is 0.412. The first kappa shape index (κ1) is 20.3. The van der Waals surface area contributed by atoms with E-state index in [2.05, 4.69) is 21.0 Å². The van der Waals surface area contributed by atoms with Gasteiger partial charge in [0.1, 0.15) is 5.75 Å². The number of rotatable bonds is 5. The van der Waals surface area contributed by atoms with Crippen LogP contribution in [0, 0.1) is 13.8 Å². The van der Waals surface area contributed by atoms with Crippen LogP contribution >= 0.6 is 15.9 Å². The van der Waals surface area contributed by atoms with Crippen LogP contribution < -0.4 is 10.1 Å². The molecule has 1 heterocycles. The Bertz CT molecular complexity index is 788. The Balaban J connectivity index is 2.20. The Morgan fingerprint density at radius 2 is 1.85 bits per heavy atom. The summed E-state index contributed by atoms with van der Waals surface area (Å²) in [5.74, 6) is -0.481.